The zero-order chi connectivity index (χ0) is 13.1. The van der Waals surface area contributed by atoms with Crippen molar-refractivity contribution in [1.82, 2.24) is 10.3 Å². The molecule has 18 heavy (non-hydrogen) atoms. The van der Waals surface area contributed by atoms with Crippen LogP contribution in [0.5, 0.6) is 11.5 Å². The third kappa shape index (κ3) is 2.78. The molecule has 0 aliphatic carbocycles. The van der Waals surface area contributed by atoms with Gasteiger partial charge in [0.2, 0.25) is 0 Å². The maximum absolute atomic E-state index is 11.8. The van der Waals surface area contributed by atoms with Gasteiger partial charge >= 0.3 is 0 Å². The number of benzene rings is 1. The van der Waals surface area contributed by atoms with Crippen LogP contribution in [-0.4, -0.2) is 21.1 Å². The highest BCUT2D eigenvalue weighted by Crippen LogP contribution is 2.22. The second-order valence-electron chi connectivity index (χ2n) is 3.77. The molecule has 6 heteroatoms. The Morgan fingerprint density at radius 1 is 1.44 bits per heavy atom. The van der Waals surface area contributed by atoms with Crippen LogP contribution in [0.1, 0.15) is 21.1 Å². The van der Waals surface area contributed by atoms with Crippen LogP contribution in [0.3, 0.4) is 0 Å². The van der Waals surface area contributed by atoms with Gasteiger partial charge in [-0.2, -0.15) is 0 Å². The molecule has 0 unspecified atom stereocenters. The van der Waals surface area contributed by atoms with Crippen LogP contribution in [0.4, 0.5) is 0 Å². The van der Waals surface area contributed by atoms with Crippen molar-refractivity contribution in [3.63, 3.8) is 0 Å². The van der Waals surface area contributed by atoms with E-state index in [2.05, 4.69) is 10.3 Å². The van der Waals surface area contributed by atoms with Crippen molar-refractivity contribution in [1.29, 1.82) is 0 Å². The van der Waals surface area contributed by atoms with Crippen molar-refractivity contribution < 1.29 is 15.0 Å². The molecule has 2 rings (SSSR count). The van der Waals surface area contributed by atoms with E-state index in [0.29, 0.717) is 6.54 Å². The molecule has 3 N–H and O–H groups in total. The minimum atomic E-state index is -0.448. The van der Waals surface area contributed by atoms with E-state index < -0.39 is 5.91 Å². The van der Waals surface area contributed by atoms with E-state index in [-0.39, 0.29) is 17.1 Å². The molecule has 0 fully saturated rings. The lowest BCUT2D eigenvalue weighted by atomic mass is 10.2. The first-order chi connectivity index (χ1) is 8.56. The van der Waals surface area contributed by atoms with E-state index in [4.69, 9.17) is 0 Å². The fraction of sp³-hybridized carbons (Fsp3) is 0.167. The number of thiazole rings is 1. The van der Waals surface area contributed by atoms with Crippen molar-refractivity contribution in [3.05, 3.63) is 39.8 Å². The van der Waals surface area contributed by atoms with Crippen molar-refractivity contribution >= 4 is 17.2 Å². The first kappa shape index (κ1) is 12.4. The summed E-state index contributed by atoms with van der Waals surface area (Å²) in [5, 5.41) is 24.1. The number of hydrogen-bond donors (Lipinski definition) is 3. The summed E-state index contributed by atoms with van der Waals surface area (Å²) >= 11 is 1.46. The summed E-state index contributed by atoms with van der Waals surface area (Å²) in [5.74, 6) is -0.681. The van der Waals surface area contributed by atoms with E-state index >= 15 is 0 Å². The lowest BCUT2D eigenvalue weighted by molar-refractivity contribution is 0.0947. The van der Waals surface area contributed by atoms with E-state index in [0.717, 1.165) is 10.7 Å². The number of carbonyl (C=O) groups excluding carboxylic acids is 1. The standard InChI is InChI=1S/C12H12N2O3S/c1-7-6-18-11(14-7)5-13-12(17)9-4-8(15)2-3-10(9)16/h2-4,6,15-16H,5H2,1H3,(H,13,17). The summed E-state index contributed by atoms with van der Waals surface area (Å²) in [7, 11) is 0. The number of nitrogens with zero attached hydrogens (tertiary/aromatic N) is 1. The van der Waals surface area contributed by atoms with Gasteiger partial charge in [0.25, 0.3) is 5.91 Å². The summed E-state index contributed by atoms with van der Waals surface area (Å²) in [4.78, 5) is 16.0. The Morgan fingerprint density at radius 2 is 2.22 bits per heavy atom. The smallest absolute Gasteiger partial charge is 0.255 e. The highest BCUT2D eigenvalue weighted by Gasteiger charge is 2.12. The first-order valence-electron chi connectivity index (χ1n) is 5.27. The molecule has 0 bridgehead atoms. The number of carbonyl (C=O) groups is 1. The lowest BCUT2D eigenvalue weighted by Gasteiger charge is -2.05. The highest BCUT2D eigenvalue weighted by molar-refractivity contribution is 7.09. The van der Waals surface area contributed by atoms with E-state index in [9.17, 15) is 15.0 Å². The molecule has 1 amide bonds. The molecule has 0 saturated carbocycles. The molecule has 0 atom stereocenters. The fourth-order valence-corrected chi connectivity index (χ4v) is 2.15. The number of amides is 1. The number of rotatable bonds is 3. The second kappa shape index (κ2) is 5.05. The molecule has 1 aromatic heterocycles. The zero-order valence-corrected chi connectivity index (χ0v) is 10.5. The summed E-state index contributed by atoms with van der Waals surface area (Å²) < 4.78 is 0. The predicted octanol–water partition coefficient (Wildman–Crippen LogP) is 1.79. The van der Waals surface area contributed by atoms with Gasteiger partial charge in [-0.05, 0) is 25.1 Å². The molecule has 1 heterocycles. The number of aromatic hydroxyl groups is 2. The molecule has 0 spiro atoms. The minimum absolute atomic E-state index is 0.0447. The fourth-order valence-electron chi connectivity index (χ4n) is 1.44. The van der Waals surface area contributed by atoms with Crippen LogP contribution in [0, 0.1) is 6.92 Å². The SMILES string of the molecule is Cc1csc(CNC(=O)c2cc(O)ccc2O)n1. The van der Waals surface area contributed by atoms with Crippen LogP contribution >= 0.6 is 11.3 Å². The van der Waals surface area contributed by atoms with Crippen LogP contribution < -0.4 is 5.32 Å². The third-order valence-electron chi connectivity index (χ3n) is 2.29. The van der Waals surface area contributed by atoms with Gasteiger partial charge in [-0.3, -0.25) is 4.79 Å². The van der Waals surface area contributed by atoms with Gasteiger partial charge < -0.3 is 15.5 Å². The van der Waals surface area contributed by atoms with Crippen molar-refractivity contribution in [2.45, 2.75) is 13.5 Å². The van der Waals surface area contributed by atoms with Crippen LogP contribution in [0.25, 0.3) is 0 Å². The Morgan fingerprint density at radius 3 is 2.89 bits per heavy atom. The largest absolute Gasteiger partial charge is 0.508 e. The number of phenolic OH excluding ortho intramolecular Hbond substituents is 2. The molecular weight excluding hydrogens is 252 g/mol. The van der Waals surface area contributed by atoms with Gasteiger partial charge in [0, 0.05) is 11.1 Å². The van der Waals surface area contributed by atoms with Gasteiger partial charge in [0.15, 0.2) is 0 Å². The Kier molecular flexibility index (Phi) is 3.47. The Balaban J connectivity index is 2.05. The Labute approximate surface area is 108 Å². The normalized spacial score (nSPS) is 10.3. The Hall–Kier alpha value is -2.08. The van der Waals surface area contributed by atoms with Gasteiger partial charge in [0.1, 0.15) is 16.5 Å². The number of phenols is 2. The molecule has 0 aliphatic heterocycles. The molecule has 1 aromatic carbocycles. The monoisotopic (exact) mass is 264 g/mol. The maximum Gasteiger partial charge on any atom is 0.255 e. The summed E-state index contributed by atoms with van der Waals surface area (Å²) in [5.41, 5.74) is 0.952. The average Bonchev–Trinajstić information content (AvgIpc) is 2.75. The average molecular weight is 264 g/mol. The van der Waals surface area contributed by atoms with Crippen LogP contribution in [-0.2, 0) is 6.54 Å². The molecule has 94 valence electrons. The zero-order valence-electron chi connectivity index (χ0n) is 9.67. The van der Waals surface area contributed by atoms with Gasteiger partial charge in [-0.25, -0.2) is 4.98 Å². The topological polar surface area (TPSA) is 82.5 Å². The van der Waals surface area contributed by atoms with Crippen molar-refractivity contribution in [2.75, 3.05) is 0 Å². The number of aromatic nitrogens is 1. The Bertz CT molecular complexity index is 580. The second-order valence-corrected chi connectivity index (χ2v) is 4.71. The van der Waals surface area contributed by atoms with Gasteiger partial charge in [-0.15, -0.1) is 11.3 Å². The summed E-state index contributed by atoms with van der Waals surface area (Å²) in [6.45, 7) is 2.18. The maximum atomic E-state index is 11.8. The minimum Gasteiger partial charge on any atom is -0.508 e. The molecule has 0 saturated heterocycles. The first-order valence-corrected chi connectivity index (χ1v) is 6.15. The summed E-state index contributed by atoms with van der Waals surface area (Å²) in [6.07, 6.45) is 0. The van der Waals surface area contributed by atoms with Crippen LogP contribution in [0.2, 0.25) is 0 Å². The number of nitrogens with one attached hydrogen (secondary N) is 1. The lowest BCUT2D eigenvalue weighted by Crippen LogP contribution is -2.22. The number of hydrogen-bond acceptors (Lipinski definition) is 5. The van der Waals surface area contributed by atoms with E-state index in [1.807, 2.05) is 12.3 Å². The molecular formula is C12H12N2O3S. The predicted molar refractivity (Wildman–Crippen MR) is 67.8 cm³/mol. The molecule has 0 radical (unpaired) electrons. The van der Waals surface area contributed by atoms with Gasteiger partial charge in [0.05, 0.1) is 12.1 Å². The van der Waals surface area contributed by atoms with Crippen molar-refractivity contribution in [2.24, 2.45) is 0 Å². The van der Waals surface area contributed by atoms with Crippen LogP contribution in [0.15, 0.2) is 23.6 Å². The van der Waals surface area contributed by atoms with Crippen molar-refractivity contribution in [3.8, 4) is 11.5 Å². The van der Waals surface area contributed by atoms with Gasteiger partial charge in [-0.1, -0.05) is 0 Å². The summed E-state index contributed by atoms with van der Waals surface area (Å²) in [6, 6.07) is 3.81. The molecule has 2 aromatic rings. The van der Waals surface area contributed by atoms with E-state index in [1.54, 1.807) is 0 Å². The quantitative estimate of drug-likeness (QED) is 0.738. The number of aryl methyl sites for hydroxylation is 1. The molecule has 5 nitrogen and oxygen atoms in total. The third-order valence-corrected chi connectivity index (χ3v) is 3.26. The molecule has 0 aliphatic rings. The van der Waals surface area contributed by atoms with E-state index in [1.165, 1.54) is 29.5 Å². The highest BCUT2D eigenvalue weighted by atomic mass is 32.1.